The molecule has 30 heavy (non-hydrogen) atoms. The van der Waals surface area contributed by atoms with E-state index >= 15 is 0 Å². The number of hydrogen-bond acceptors (Lipinski definition) is 9. The van der Waals surface area contributed by atoms with E-state index in [1.165, 1.54) is 6.33 Å². The molecular formula is C20H27N7O3. The lowest BCUT2D eigenvalue weighted by molar-refractivity contribution is -0.0331. The van der Waals surface area contributed by atoms with Crippen molar-refractivity contribution >= 4 is 17.0 Å². The summed E-state index contributed by atoms with van der Waals surface area (Å²) in [5, 5.41) is 27.8. The molecule has 4 rings (SSSR count). The first kappa shape index (κ1) is 20.6. The standard InChI is InChI=1S/C20H27N7O3/c1-22-8-5-9-23-10-13-15(28)16(29)20(30-13)27-18(12-6-3-2-4-7-12)26-14-17(21)24-11-25-19(14)27/h2-4,6-7,11,13,15-16,20,22-23,28-29H,5,8-10H2,1H3,(H2,21,24,25)/t13-,15?,16?,20-/m1/s1. The van der Waals surface area contributed by atoms with Gasteiger partial charge in [-0.05, 0) is 26.6 Å². The van der Waals surface area contributed by atoms with Gasteiger partial charge in [0, 0.05) is 12.1 Å². The molecule has 3 aromatic rings. The minimum Gasteiger partial charge on any atom is -0.387 e. The summed E-state index contributed by atoms with van der Waals surface area (Å²) >= 11 is 0. The molecule has 2 unspecified atom stereocenters. The first-order valence-electron chi connectivity index (χ1n) is 10.0. The van der Waals surface area contributed by atoms with Crippen LogP contribution >= 0.6 is 0 Å². The van der Waals surface area contributed by atoms with Crippen LogP contribution in [0.3, 0.4) is 0 Å². The van der Waals surface area contributed by atoms with Crippen LogP contribution in [0.4, 0.5) is 5.82 Å². The highest BCUT2D eigenvalue weighted by atomic mass is 16.6. The number of hydrogen-bond donors (Lipinski definition) is 5. The number of aliphatic hydroxyl groups is 2. The van der Waals surface area contributed by atoms with Gasteiger partial charge in [-0.1, -0.05) is 30.3 Å². The van der Waals surface area contributed by atoms with Crippen LogP contribution in [0.25, 0.3) is 22.6 Å². The highest BCUT2D eigenvalue weighted by molar-refractivity contribution is 5.85. The van der Waals surface area contributed by atoms with Gasteiger partial charge in [0.25, 0.3) is 0 Å². The lowest BCUT2D eigenvalue weighted by atomic mass is 10.1. The molecule has 160 valence electrons. The maximum Gasteiger partial charge on any atom is 0.168 e. The molecule has 1 saturated heterocycles. The number of fused-ring (bicyclic) bond motifs is 1. The van der Waals surface area contributed by atoms with Gasteiger partial charge in [-0.25, -0.2) is 15.0 Å². The second-order valence-electron chi connectivity index (χ2n) is 7.31. The summed E-state index contributed by atoms with van der Waals surface area (Å²) in [6.45, 7) is 2.10. The fraction of sp³-hybridized carbons (Fsp3) is 0.450. The second kappa shape index (κ2) is 9.02. The molecule has 0 saturated carbocycles. The van der Waals surface area contributed by atoms with Crippen LogP contribution in [-0.2, 0) is 4.74 Å². The maximum atomic E-state index is 10.8. The summed E-state index contributed by atoms with van der Waals surface area (Å²) < 4.78 is 7.78. The van der Waals surface area contributed by atoms with Crippen molar-refractivity contribution in [3.05, 3.63) is 36.7 Å². The van der Waals surface area contributed by atoms with Gasteiger partial charge >= 0.3 is 0 Å². The van der Waals surface area contributed by atoms with E-state index in [0.717, 1.165) is 25.1 Å². The average Bonchev–Trinajstić information content (AvgIpc) is 3.28. The Morgan fingerprint density at radius 3 is 2.70 bits per heavy atom. The molecule has 0 radical (unpaired) electrons. The Morgan fingerprint density at radius 2 is 1.93 bits per heavy atom. The number of nitrogens with zero attached hydrogens (tertiary/aromatic N) is 4. The van der Waals surface area contributed by atoms with Gasteiger partial charge in [0.15, 0.2) is 23.2 Å². The number of nitrogens with two attached hydrogens (primary N) is 1. The Labute approximate surface area is 174 Å². The number of nitrogens with one attached hydrogen (secondary N) is 2. The van der Waals surface area contributed by atoms with E-state index in [9.17, 15) is 10.2 Å². The molecule has 0 aliphatic carbocycles. The minimum atomic E-state index is -1.15. The SMILES string of the molecule is CNCCCNC[C@H]1O[C@@H](n2c(-c3ccccc3)nc3c(N)ncnc32)C(O)C1O. The molecule has 1 aliphatic rings. The van der Waals surface area contributed by atoms with Crippen molar-refractivity contribution in [2.75, 3.05) is 32.4 Å². The van der Waals surface area contributed by atoms with Gasteiger partial charge in [-0.3, -0.25) is 4.57 Å². The zero-order valence-electron chi connectivity index (χ0n) is 16.8. The predicted octanol–water partition coefficient (Wildman–Crippen LogP) is -0.106. The molecule has 0 spiro atoms. The molecule has 6 N–H and O–H groups in total. The van der Waals surface area contributed by atoms with Crippen molar-refractivity contribution in [1.82, 2.24) is 30.2 Å². The van der Waals surface area contributed by atoms with Crippen LogP contribution in [0.15, 0.2) is 36.7 Å². The van der Waals surface area contributed by atoms with Crippen molar-refractivity contribution < 1.29 is 14.9 Å². The van der Waals surface area contributed by atoms with Crippen LogP contribution in [0.2, 0.25) is 0 Å². The van der Waals surface area contributed by atoms with E-state index in [-0.39, 0.29) is 5.82 Å². The lowest BCUT2D eigenvalue weighted by Gasteiger charge is -2.19. The van der Waals surface area contributed by atoms with Crippen LogP contribution in [0.1, 0.15) is 12.6 Å². The average molecular weight is 413 g/mol. The number of anilines is 1. The van der Waals surface area contributed by atoms with Gasteiger partial charge in [0.2, 0.25) is 0 Å². The van der Waals surface area contributed by atoms with Crippen LogP contribution in [0, 0.1) is 0 Å². The molecule has 3 heterocycles. The third kappa shape index (κ3) is 3.87. The van der Waals surface area contributed by atoms with Gasteiger partial charge in [-0.2, -0.15) is 0 Å². The van der Waals surface area contributed by atoms with Gasteiger partial charge in [0.05, 0.1) is 0 Å². The lowest BCUT2D eigenvalue weighted by Crippen LogP contribution is -2.38. The van der Waals surface area contributed by atoms with Crippen LogP contribution < -0.4 is 16.4 Å². The molecule has 4 atom stereocenters. The molecule has 1 fully saturated rings. The fourth-order valence-corrected chi connectivity index (χ4v) is 3.70. The molecular weight excluding hydrogens is 386 g/mol. The van der Waals surface area contributed by atoms with Crippen molar-refractivity contribution in [3.63, 3.8) is 0 Å². The Morgan fingerprint density at radius 1 is 1.13 bits per heavy atom. The number of ether oxygens (including phenoxy) is 1. The number of benzene rings is 1. The molecule has 10 nitrogen and oxygen atoms in total. The molecule has 0 amide bonds. The summed E-state index contributed by atoms with van der Waals surface area (Å²) in [5.74, 6) is 0.781. The van der Waals surface area contributed by atoms with Crippen LogP contribution in [-0.4, -0.2) is 74.7 Å². The zero-order valence-corrected chi connectivity index (χ0v) is 16.8. The molecule has 2 aromatic heterocycles. The number of rotatable bonds is 8. The van der Waals surface area contributed by atoms with E-state index in [4.69, 9.17) is 10.5 Å². The Hall–Kier alpha value is -2.63. The summed E-state index contributed by atoms with van der Waals surface area (Å²) in [5.41, 5.74) is 7.70. The number of nitrogen functional groups attached to an aromatic ring is 1. The molecule has 10 heteroatoms. The smallest absolute Gasteiger partial charge is 0.168 e. The van der Waals surface area contributed by atoms with E-state index in [1.54, 1.807) is 4.57 Å². The Kier molecular flexibility index (Phi) is 6.21. The summed E-state index contributed by atoms with van der Waals surface area (Å²) in [7, 11) is 1.90. The first-order chi connectivity index (χ1) is 14.6. The highest BCUT2D eigenvalue weighted by Gasteiger charge is 2.45. The quantitative estimate of drug-likeness (QED) is 0.320. The normalized spacial score (nSPS) is 24.0. The summed E-state index contributed by atoms with van der Waals surface area (Å²) in [6, 6.07) is 9.50. The topological polar surface area (TPSA) is 143 Å². The predicted molar refractivity (Wildman–Crippen MR) is 113 cm³/mol. The zero-order chi connectivity index (χ0) is 21.1. The number of aliphatic hydroxyl groups excluding tert-OH is 2. The van der Waals surface area contributed by atoms with Crippen molar-refractivity contribution in [2.24, 2.45) is 0 Å². The van der Waals surface area contributed by atoms with Crippen LogP contribution in [0.5, 0.6) is 0 Å². The van der Waals surface area contributed by atoms with Gasteiger partial charge in [0.1, 0.15) is 30.5 Å². The maximum absolute atomic E-state index is 10.8. The molecule has 1 aromatic carbocycles. The Bertz CT molecular complexity index is 981. The van der Waals surface area contributed by atoms with E-state index in [2.05, 4.69) is 25.6 Å². The third-order valence-corrected chi connectivity index (χ3v) is 5.25. The first-order valence-corrected chi connectivity index (χ1v) is 10.0. The van der Waals surface area contributed by atoms with Gasteiger partial charge < -0.3 is 31.3 Å². The van der Waals surface area contributed by atoms with E-state index in [1.807, 2.05) is 37.4 Å². The Balaban J connectivity index is 1.66. The van der Waals surface area contributed by atoms with Gasteiger partial charge in [-0.15, -0.1) is 0 Å². The van der Waals surface area contributed by atoms with Crippen molar-refractivity contribution in [2.45, 2.75) is 31.0 Å². The van der Waals surface area contributed by atoms with Crippen molar-refractivity contribution in [1.29, 1.82) is 0 Å². The molecule has 1 aliphatic heterocycles. The van der Waals surface area contributed by atoms with E-state index < -0.39 is 24.5 Å². The number of aromatic nitrogens is 4. The monoisotopic (exact) mass is 413 g/mol. The summed E-state index contributed by atoms with van der Waals surface area (Å²) in [6.07, 6.45) is -1.33. The number of imidazole rings is 1. The highest BCUT2D eigenvalue weighted by Crippen LogP contribution is 2.36. The van der Waals surface area contributed by atoms with E-state index in [0.29, 0.717) is 23.5 Å². The van der Waals surface area contributed by atoms with Crippen molar-refractivity contribution in [3.8, 4) is 11.4 Å². The third-order valence-electron chi connectivity index (χ3n) is 5.25. The summed E-state index contributed by atoms with van der Waals surface area (Å²) in [4.78, 5) is 13.0. The second-order valence-corrected chi connectivity index (χ2v) is 7.31. The fourth-order valence-electron chi connectivity index (χ4n) is 3.70. The largest absolute Gasteiger partial charge is 0.387 e. The molecule has 0 bridgehead atoms. The minimum absolute atomic E-state index is 0.242.